The van der Waals surface area contributed by atoms with E-state index in [2.05, 4.69) is 26.3 Å². The summed E-state index contributed by atoms with van der Waals surface area (Å²) in [5.41, 5.74) is -1.52. The number of anilines is 1. The molecule has 2 aromatic heterocycles. The molecule has 1 atom stereocenters. The van der Waals surface area contributed by atoms with Crippen molar-refractivity contribution >= 4 is 16.7 Å². The minimum atomic E-state index is -2.95. The molecule has 0 saturated carbocycles. The molecule has 0 radical (unpaired) electrons. The summed E-state index contributed by atoms with van der Waals surface area (Å²) in [6.45, 7) is 1.54. The number of piperazine rings is 1. The second-order valence-corrected chi connectivity index (χ2v) is 7.21. The molecule has 32 heavy (non-hydrogen) atoms. The summed E-state index contributed by atoms with van der Waals surface area (Å²) >= 11 is 0. The number of rotatable bonds is 5. The highest BCUT2D eigenvalue weighted by Crippen LogP contribution is 2.36. The maximum absolute atomic E-state index is 15.5. The highest BCUT2D eigenvalue weighted by atomic mass is 19.3. The molecule has 166 valence electrons. The van der Waals surface area contributed by atoms with Gasteiger partial charge in [-0.25, -0.2) is 17.6 Å². The first-order valence-corrected chi connectivity index (χ1v) is 9.76. The summed E-state index contributed by atoms with van der Waals surface area (Å²) in [5, 5.41) is 12.5. The molecule has 4 rings (SSSR count). The van der Waals surface area contributed by atoms with Crippen molar-refractivity contribution < 1.29 is 22.3 Å². The number of hydrogen-bond acceptors (Lipinski definition) is 7. The Morgan fingerprint density at radius 2 is 2.12 bits per heavy atom. The SMILES string of the molecule is COc1nc(N2CCNC(CC#N)C2)c2cnc(-c3cc(F)ccc3C(F)F)c(F)c2n1. The van der Waals surface area contributed by atoms with Crippen molar-refractivity contribution in [1.29, 1.82) is 5.26 Å². The van der Waals surface area contributed by atoms with E-state index in [1.54, 1.807) is 0 Å². The number of hydrogen-bond donors (Lipinski definition) is 1. The number of aromatic nitrogens is 3. The zero-order valence-corrected chi connectivity index (χ0v) is 16.9. The van der Waals surface area contributed by atoms with E-state index in [0.29, 0.717) is 25.5 Å². The van der Waals surface area contributed by atoms with E-state index in [-0.39, 0.29) is 34.9 Å². The average Bonchev–Trinajstić information content (AvgIpc) is 2.79. The van der Waals surface area contributed by atoms with Crippen LogP contribution < -0.4 is 15.0 Å². The first kappa shape index (κ1) is 21.7. The Bertz CT molecular complexity index is 1200. The first-order chi connectivity index (χ1) is 15.4. The summed E-state index contributed by atoms with van der Waals surface area (Å²) in [6.07, 6.45) is -1.39. The molecule has 3 heterocycles. The third-order valence-corrected chi connectivity index (χ3v) is 5.22. The number of ether oxygens (including phenoxy) is 1. The number of nitrogens with one attached hydrogen (secondary N) is 1. The van der Waals surface area contributed by atoms with Gasteiger partial charge in [-0.15, -0.1) is 0 Å². The number of pyridine rings is 1. The lowest BCUT2D eigenvalue weighted by Crippen LogP contribution is -2.51. The van der Waals surface area contributed by atoms with Gasteiger partial charge in [0.05, 0.1) is 25.0 Å². The number of fused-ring (bicyclic) bond motifs is 1. The van der Waals surface area contributed by atoms with Crippen LogP contribution in [0.3, 0.4) is 0 Å². The van der Waals surface area contributed by atoms with Gasteiger partial charge in [0.25, 0.3) is 6.43 Å². The molecule has 11 heteroatoms. The van der Waals surface area contributed by atoms with Crippen LogP contribution in [0.25, 0.3) is 22.2 Å². The fourth-order valence-electron chi connectivity index (χ4n) is 3.73. The van der Waals surface area contributed by atoms with Gasteiger partial charge in [0.15, 0.2) is 5.82 Å². The Labute approximate surface area is 180 Å². The van der Waals surface area contributed by atoms with Crippen LogP contribution in [-0.4, -0.2) is 47.7 Å². The third kappa shape index (κ3) is 4.01. The maximum atomic E-state index is 15.5. The van der Waals surface area contributed by atoms with E-state index >= 15 is 4.39 Å². The minimum Gasteiger partial charge on any atom is -0.467 e. The number of halogens is 4. The molecule has 1 N–H and O–H groups in total. The van der Waals surface area contributed by atoms with E-state index in [0.717, 1.165) is 18.2 Å². The zero-order valence-electron chi connectivity index (χ0n) is 16.9. The Morgan fingerprint density at radius 1 is 1.31 bits per heavy atom. The van der Waals surface area contributed by atoms with Crippen molar-refractivity contribution in [2.45, 2.75) is 18.9 Å². The highest BCUT2D eigenvalue weighted by Gasteiger charge is 2.26. The largest absolute Gasteiger partial charge is 0.467 e. The zero-order chi connectivity index (χ0) is 22.8. The van der Waals surface area contributed by atoms with Crippen LogP contribution in [0.15, 0.2) is 24.4 Å². The molecule has 1 unspecified atom stereocenters. The first-order valence-electron chi connectivity index (χ1n) is 9.76. The molecule has 1 aliphatic heterocycles. The van der Waals surface area contributed by atoms with Crippen LogP contribution in [-0.2, 0) is 0 Å². The van der Waals surface area contributed by atoms with Gasteiger partial charge in [-0.3, -0.25) is 4.98 Å². The Morgan fingerprint density at radius 3 is 2.84 bits per heavy atom. The summed E-state index contributed by atoms with van der Waals surface area (Å²) < 4.78 is 61.4. The topological polar surface area (TPSA) is 87.0 Å². The van der Waals surface area contributed by atoms with Crippen LogP contribution in [0.1, 0.15) is 18.4 Å². The fraction of sp³-hybridized carbons (Fsp3) is 0.333. The molecular formula is C21H18F4N6O. The number of alkyl halides is 2. The smallest absolute Gasteiger partial charge is 0.318 e. The Balaban J connectivity index is 1.88. The summed E-state index contributed by atoms with van der Waals surface area (Å²) in [4.78, 5) is 14.3. The van der Waals surface area contributed by atoms with Crippen LogP contribution in [0.5, 0.6) is 6.01 Å². The van der Waals surface area contributed by atoms with Crippen LogP contribution in [0, 0.1) is 23.0 Å². The van der Waals surface area contributed by atoms with Gasteiger partial charge >= 0.3 is 6.01 Å². The predicted molar refractivity (Wildman–Crippen MR) is 108 cm³/mol. The van der Waals surface area contributed by atoms with Crippen LogP contribution >= 0.6 is 0 Å². The molecule has 1 aromatic carbocycles. The Hall–Kier alpha value is -3.52. The van der Waals surface area contributed by atoms with Gasteiger partial charge in [-0.05, 0) is 18.2 Å². The van der Waals surface area contributed by atoms with E-state index in [4.69, 9.17) is 10.00 Å². The second kappa shape index (κ2) is 8.92. The van der Waals surface area contributed by atoms with Gasteiger partial charge in [0.2, 0.25) is 0 Å². The monoisotopic (exact) mass is 446 g/mol. The van der Waals surface area contributed by atoms with Gasteiger partial charge in [-0.1, -0.05) is 0 Å². The molecule has 0 amide bonds. The molecule has 3 aromatic rings. The lowest BCUT2D eigenvalue weighted by molar-refractivity contribution is 0.152. The van der Waals surface area contributed by atoms with Crippen molar-refractivity contribution in [3.63, 3.8) is 0 Å². The number of nitrogens with zero attached hydrogens (tertiary/aromatic N) is 5. The van der Waals surface area contributed by atoms with Gasteiger partial charge in [-0.2, -0.15) is 15.2 Å². The lowest BCUT2D eigenvalue weighted by Gasteiger charge is -2.34. The van der Waals surface area contributed by atoms with Crippen molar-refractivity contribution in [3.8, 4) is 23.3 Å². The van der Waals surface area contributed by atoms with E-state index in [9.17, 15) is 13.2 Å². The predicted octanol–water partition coefficient (Wildman–Crippen LogP) is 3.61. The van der Waals surface area contributed by atoms with Crippen molar-refractivity contribution in [2.75, 3.05) is 31.6 Å². The molecule has 0 aliphatic carbocycles. The summed E-state index contributed by atoms with van der Waals surface area (Å²) in [7, 11) is 1.32. The molecule has 7 nitrogen and oxygen atoms in total. The van der Waals surface area contributed by atoms with E-state index in [1.165, 1.54) is 13.3 Å². The van der Waals surface area contributed by atoms with Crippen LogP contribution in [0.2, 0.25) is 0 Å². The number of methoxy groups -OCH3 is 1. The maximum Gasteiger partial charge on any atom is 0.318 e. The van der Waals surface area contributed by atoms with Gasteiger partial charge < -0.3 is 15.0 Å². The molecule has 0 bridgehead atoms. The fourth-order valence-corrected chi connectivity index (χ4v) is 3.73. The summed E-state index contributed by atoms with van der Waals surface area (Å²) in [5.74, 6) is -1.43. The molecular weight excluding hydrogens is 428 g/mol. The average molecular weight is 446 g/mol. The number of benzene rings is 1. The van der Waals surface area contributed by atoms with Gasteiger partial charge in [0, 0.05) is 43.0 Å². The van der Waals surface area contributed by atoms with Crippen LogP contribution in [0.4, 0.5) is 23.4 Å². The third-order valence-electron chi connectivity index (χ3n) is 5.22. The molecule has 0 spiro atoms. The summed E-state index contributed by atoms with van der Waals surface area (Å²) in [6, 6.07) is 4.50. The molecule has 1 aliphatic rings. The standard InChI is InChI=1S/C21H18F4N6O/c1-32-21-29-18-15(20(30-21)31-7-6-27-12(10-31)4-5-26)9-28-17(16(18)23)14-8-11(22)2-3-13(14)19(24)25/h2-3,8-9,12,19,27H,4,6-7,10H2,1H3. The van der Waals surface area contributed by atoms with E-state index < -0.39 is 29.3 Å². The lowest BCUT2D eigenvalue weighted by atomic mass is 10.0. The minimum absolute atomic E-state index is 0.109. The Kier molecular flexibility index (Phi) is 6.05. The molecule has 1 fully saturated rings. The van der Waals surface area contributed by atoms with E-state index in [1.807, 2.05) is 4.90 Å². The molecule has 1 saturated heterocycles. The quantitative estimate of drug-likeness (QED) is 0.599. The normalized spacial score (nSPS) is 16.4. The number of nitriles is 1. The second-order valence-electron chi connectivity index (χ2n) is 7.21. The van der Waals surface area contributed by atoms with Crippen molar-refractivity contribution in [1.82, 2.24) is 20.3 Å². The van der Waals surface area contributed by atoms with Crippen molar-refractivity contribution in [3.05, 3.63) is 41.6 Å². The van der Waals surface area contributed by atoms with Crippen molar-refractivity contribution in [2.24, 2.45) is 0 Å². The highest BCUT2D eigenvalue weighted by molar-refractivity contribution is 5.92. The van der Waals surface area contributed by atoms with Gasteiger partial charge in [0.1, 0.15) is 22.8 Å².